The van der Waals surface area contributed by atoms with Crippen molar-refractivity contribution in [3.8, 4) is 0 Å². The summed E-state index contributed by atoms with van der Waals surface area (Å²) < 4.78 is 0. The molecule has 6 amide bonds. The predicted octanol–water partition coefficient (Wildman–Crippen LogP) is -1.50. The van der Waals surface area contributed by atoms with Crippen molar-refractivity contribution in [1.82, 2.24) is 25.7 Å². The van der Waals surface area contributed by atoms with E-state index in [1.165, 1.54) is 0 Å². The van der Waals surface area contributed by atoms with Crippen molar-refractivity contribution in [2.75, 3.05) is 32.7 Å². The quantitative estimate of drug-likeness (QED) is 0.180. The average molecular weight is 550 g/mol. The summed E-state index contributed by atoms with van der Waals surface area (Å²) in [7, 11) is 0. The Morgan fingerprint density at radius 3 is 1.79 bits per heavy atom. The van der Waals surface area contributed by atoms with Crippen LogP contribution < -0.4 is 10.6 Å². The number of nitrogens with zero attached hydrogens (tertiary/aromatic N) is 3. The lowest BCUT2D eigenvalue weighted by Crippen LogP contribution is -2.47. The van der Waals surface area contributed by atoms with Gasteiger partial charge in [0, 0.05) is 45.4 Å². The fraction of sp³-hybridized carbons (Fsp3) is 0.500. The first-order valence-electron chi connectivity index (χ1n) is 12.2. The molecule has 0 aromatic carbocycles. The fourth-order valence-corrected chi connectivity index (χ4v) is 3.58. The lowest BCUT2D eigenvalue weighted by atomic mass is 10.1. The maximum atomic E-state index is 13.4. The van der Waals surface area contributed by atoms with Gasteiger partial charge in [-0.1, -0.05) is 13.2 Å². The van der Waals surface area contributed by atoms with Crippen molar-refractivity contribution in [1.29, 1.82) is 0 Å². The monoisotopic (exact) mass is 549 g/mol. The summed E-state index contributed by atoms with van der Waals surface area (Å²) >= 11 is 0. The van der Waals surface area contributed by atoms with Crippen LogP contribution in [0.3, 0.4) is 0 Å². The second-order valence-corrected chi connectivity index (χ2v) is 8.53. The molecular formula is C24H31N5O10. The van der Waals surface area contributed by atoms with E-state index in [1.807, 2.05) is 0 Å². The Hall–Kier alpha value is -4.56. The van der Waals surface area contributed by atoms with Crippen molar-refractivity contribution < 1.29 is 48.0 Å². The smallest absolute Gasteiger partial charge is 0.334 e. The van der Waals surface area contributed by atoms with Crippen molar-refractivity contribution in [2.24, 2.45) is 5.92 Å². The van der Waals surface area contributed by atoms with E-state index in [1.54, 1.807) is 0 Å². The van der Waals surface area contributed by atoms with Gasteiger partial charge in [0.1, 0.15) is 0 Å². The summed E-state index contributed by atoms with van der Waals surface area (Å²) in [6.45, 7) is 5.92. The molecule has 2 heterocycles. The first-order chi connectivity index (χ1) is 18.5. The number of carbonyl (C=O) groups is 8. The molecular weight excluding hydrogens is 518 g/mol. The predicted molar refractivity (Wildman–Crippen MR) is 130 cm³/mol. The Morgan fingerprint density at radius 2 is 1.33 bits per heavy atom. The molecule has 0 bridgehead atoms. The first-order valence-corrected chi connectivity index (χ1v) is 12.2. The van der Waals surface area contributed by atoms with Crippen LogP contribution in [0.15, 0.2) is 25.3 Å². The van der Waals surface area contributed by atoms with E-state index in [0.29, 0.717) is 11.5 Å². The Balaban J connectivity index is 2.10. The zero-order valence-corrected chi connectivity index (χ0v) is 21.3. The van der Waals surface area contributed by atoms with Gasteiger partial charge in [0.15, 0.2) is 0 Å². The van der Waals surface area contributed by atoms with Crippen LogP contribution in [0.1, 0.15) is 38.5 Å². The van der Waals surface area contributed by atoms with Crippen LogP contribution in [0.4, 0.5) is 0 Å². The third-order valence-electron chi connectivity index (χ3n) is 5.69. The normalized spacial score (nSPS) is 14.7. The molecule has 212 valence electrons. The largest absolute Gasteiger partial charge is 0.352 e. The van der Waals surface area contributed by atoms with Crippen molar-refractivity contribution in [3.05, 3.63) is 25.3 Å². The molecule has 15 nitrogen and oxygen atoms in total. The number of amides is 6. The molecule has 2 saturated heterocycles. The van der Waals surface area contributed by atoms with Gasteiger partial charge in [-0.15, -0.1) is 5.06 Å². The van der Waals surface area contributed by atoms with Gasteiger partial charge in [0.2, 0.25) is 17.7 Å². The number of hydrogen-bond donors (Lipinski definition) is 2. The highest BCUT2D eigenvalue weighted by Gasteiger charge is 2.33. The van der Waals surface area contributed by atoms with Gasteiger partial charge in [-0.3, -0.25) is 28.8 Å². The lowest BCUT2D eigenvalue weighted by molar-refractivity contribution is -0.197. The highest BCUT2D eigenvalue weighted by atomic mass is 16.7. The maximum absolute atomic E-state index is 13.4. The standard InChI is InChI=1S/C24H31N5O10/c1-3-17(30)25-14-16(15-26-18(31)4-2)24(37)27(12-9-22(35)38-28-11-5-6-19(28)32)13-10-23(36)39-29-20(33)7-8-21(29)34/h3-4,16H,1-2,5-15H2,(H,25,30)(H,26,31). The van der Waals surface area contributed by atoms with E-state index in [4.69, 9.17) is 9.68 Å². The third kappa shape index (κ3) is 9.68. The van der Waals surface area contributed by atoms with Crippen LogP contribution in [-0.2, 0) is 48.0 Å². The molecule has 0 radical (unpaired) electrons. The topological polar surface area (TPSA) is 189 Å². The van der Waals surface area contributed by atoms with Gasteiger partial charge in [-0.05, 0) is 18.6 Å². The molecule has 2 fully saturated rings. The zero-order valence-electron chi connectivity index (χ0n) is 21.3. The molecule has 0 atom stereocenters. The van der Waals surface area contributed by atoms with Gasteiger partial charge >= 0.3 is 11.9 Å². The first kappa shape index (κ1) is 30.7. The summed E-state index contributed by atoms with van der Waals surface area (Å²) in [5.74, 6) is -6.27. The number of hydrogen-bond acceptors (Lipinski definition) is 10. The number of nitrogens with one attached hydrogen (secondary N) is 2. The lowest BCUT2D eigenvalue weighted by Gasteiger charge is -2.27. The minimum atomic E-state index is -1.02. The van der Waals surface area contributed by atoms with Crippen LogP contribution >= 0.6 is 0 Å². The Labute approximate surface area is 224 Å². The summed E-state index contributed by atoms with van der Waals surface area (Å²) in [4.78, 5) is 107. The number of rotatable bonds is 15. The van der Waals surface area contributed by atoms with E-state index in [-0.39, 0.29) is 64.3 Å². The summed E-state index contributed by atoms with van der Waals surface area (Å²) in [6, 6.07) is 0. The molecule has 15 heteroatoms. The van der Waals surface area contributed by atoms with Crippen molar-refractivity contribution >= 4 is 47.4 Å². The second-order valence-electron chi connectivity index (χ2n) is 8.53. The third-order valence-corrected chi connectivity index (χ3v) is 5.69. The molecule has 2 rings (SSSR count). The van der Waals surface area contributed by atoms with Crippen molar-refractivity contribution in [3.63, 3.8) is 0 Å². The molecule has 0 unspecified atom stereocenters. The van der Waals surface area contributed by atoms with Crippen molar-refractivity contribution in [2.45, 2.75) is 38.5 Å². The fourth-order valence-electron chi connectivity index (χ4n) is 3.58. The molecule has 0 spiro atoms. The second kappa shape index (κ2) is 15.0. The zero-order chi connectivity index (χ0) is 28.9. The maximum Gasteiger partial charge on any atom is 0.334 e. The minimum Gasteiger partial charge on any atom is -0.352 e. The summed E-state index contributed by atoms with van der Waals surface area (Å²) in [5.41, 5.74) is 0. The van der Waals surface area contributed by atoms with E-state index in [2.05, 4.69) is 23.8 Å². The number of carbonyl (C=O) groups excluding carboxylic acids is 8. The highest BCUT2D eigenvalue weighted by Crippen LogP contribution is 2.14. The van der Waals surface area contributed by atoms with Gasteiger partial charge in [-0.2, -0.15) is 5.06 Å². The molecule has 2 aliphatic heterocycles. The molecule has 2 N–H and O–H groups in total. The minimum absolute atomic E-state index is 0.0904. The Morgan fingerprint density at radius 1 is 0.821 bits per heavy atom. The summed E-state index contributed by atoms with van der Waals surface area (Å²) in [5, 5.41) is 6.23. The van der Waals surface area contributed by atoms with Gasteiger partial charge < -0.3 is 25.2 Å². The van der Waals surface area contributed by atoms with Crippen LogP contribution in [0, 0.1) is 5.92 Å². The van der Waals surface area contributed by atoms with E-state index < -0.39 is 53.8 Å². The van der Waals surface area contributed by atoms with E-state index in [0.717, 1.165) is 22.1 Å². The van der Waals surface area contributed by atoms with E-state index >= 15 is 0 Å². The number of imide groups is 1. The average Bonchev–Trinajstić information content (AvgIpc) is 3.46. The molecule has 0 aromatic rings. The van der Waals surface area contributed by atoms with E-state index in [9.17, 15) is 38.4 Å². The number of hydroxylamine groups is 4. The van der Waals surface area contributed by atoms with Gasteiger partial charge in [0.05, 0.1) is 25.3 Å². The van der Waals surface area contributed by atoms with Gasteiger partial charge in [-0.25, -0.2) is 9.59 Å². The molecule has 2 aliphatic rings. The molecule has 0 aromatic heterocycles. The van der Waals surface area contributed by atoms with Crippen LogP contribution in [0.5, 0.6) is 0 Å². The molecule has 0 aliphatic carbocycles. The Kier molecular flexibility index (Phi) is 11.8. The van der Waals surface area contributed by atoms with Crippen LogP contribution in [0.25, 0.3) is 0 Å². The SMILES string of the molecule is C=CC(=O)NCC(CNC(=O)C=C)C(=O)N(CCC(=O)ON1CCCC1=O)CCC(=O)ON1C(=O)CCC1=O. The highest BCUT2D eigenvalue weighted by molar-refractivity contribution is 6.01. The summed E-state index contributed by atoms with van der Waals surface area (Å²) in [6.07, 6.45) is 1.79. The molecule has 0 saturated carbocycles. The molecule has 39 heavy (non-hydrogen) atoms. The Bertz CT molecular complexity index is 1000. The van der Waals surface area contributed by atoms with Crippen LogP contribution in [-0.4, -0.2) is 95.1 Å². The van der Waals surface area contributed by atoms with Crippen LogP contribution in [0.2, 0.25) is 0 Å². The van der Waals surface area contributed by atoms with Gasteiger partial charge in [0.25, 0.3) is 17.7 Å².